The molecule has 0 radical (unpaired) electrons. The molecule has 5 nitrogen and oxygen atoms in total. The zero-order chi connectivity index (χ0) is 10.8. The summed E-state index contributed by atoms with van der Waals surface area (Å²) in [5, 5.41) is 26.2. The van der Waals surface area contributed by atoms with Gasteiger partial charge in [0.05, 0.1) is 12.2 Å². The van der Waals surface area contributed by atoms with Crippen LogP contribution in [0.5, 0.6) is 0 Å². The molecule has 0 amide bonds. The van der Waals surface area contributed by atoms with E-state index in [1.807, 2.05) is 0 Å². The Bertz CT molecular complexity index is 417. The summed E-state index contributed by atoms with van der Waals surface area (Å²) in [5.41, 5.74) is 0.650. The van der Waals surface area contributed by atoms with Crippen LogP contribution in [0.4, 0.5) is 5.82 Å². The summed E-state index contributed by atoms with van der Waals surface area (Å²) in [6, 6.07) is 3.65. The molecule has 1 N–H and O–H groups in total. The zero-order valence-corrected chi connectivity index (χ0v) is 8.65. The molecule has 6 heteroatoms. The molecule has 1 unspecified atom stereocenters. The third-order valence-corrected chi connectivity index (χ3v) is 2.55. The standard InChI is InChI=1S/C9H9ClN4O/c10-8-5-6-7(15)1-3-14(4-2-11)9(6)13-12-8/h5,7,15H,1,3-4H2. The van der Waals surface area contributed by atoms with E-state index in [0.29, 0.717) is 24.3 Å². The minimum atomic E-state index is -0.567. The smallest absolute Gasteiger partial charge is 0.158 e. The first kappa shape index (κ1) is 10.1. The highest BCUT2D eigenvalue weighted by atomic mass is 35.5. The van der Waals surface area contributed by atoms with Crippen molar-refractivity contribution < 1.29 is 5.11 Å². The second kappa shape index (κ2) is 4.01. The van der Waals surface area contributed by atoms with Crippen molar-refractivity contribution in [1.82, 2.24) is 10.2 Å². The van der Waals surface area contributed by atoms with Gasteiger partial charge in [0, 0.05) is 12.1 Å². The Kier molecular flexibility index (Phi) is 2.71. The molecule has 0 aromatic carbocycles. The lowest BCUT2D eigenvalue weighted by atomic mass is 10.0. The molecule has 0 saturated heterocycles. The SMILES string of the molecule is N#CCN1CCC(O)c2cc(Cl)nnc21. The normalized spacial score (nSPS) is 19.5. The van der Waals surface area contributed by atoms with Crippen LogP contribution in [0.1, 0.15) is 18.1 Å². The maximum absolute atomic E-state index is 9.74. The van der Waals surface area contributed by atoms with Crippen molar-refractivity contribution >= 4 is 17.4 Å². The Labute approximate surface area is 91.9 Å². The average molecular weight is 225 g/mol. The molecule has 1 aliphatic heterocycles. The van der Waals surface area contributed by atoms with Crippen LogP contribution in [-0.4, -0.2) is 28.4 Å². The van der Waals surface area contributed by atoms with Gasteiger partial charge in [0.25, 0.3) is 0 Å². The van der Waals surface area contributed by atoms with E-state index < -0.39 is 6.10 Å². The molecule has 0 bridgehead atoms. The van der Waals surface area contributed by atoms with Crippen LogP contribution in [0.2, 0.25) is 5.15 Å². The van der Waals surface area contributed by atoms with E-state index in [1.165, 1.54) is 0 Å². The predicted molar refractivity (Wildman–Crippen MR) is 54.4 cm³/mol. The van der Waals surface area contributed by atoms with E-state index in [2.05, 4.69) is 16.3 Å². The fraction of sp³-hybridized carbons (Fsp3) is 0.444. The minimum absolute atomic E-state index is 0.246. The summed E-state index contributed by atoms with van der Waals surface area (Å²) in [6.45, 7) is 0.855. The van der Waals surface area contributed by atoms with Gasteiger partial charge in [-0.3, -0.25) is 0 Å². The second-order valence-electron chi connectivity index (χ2n) is 3.33. The van der Waals surface area contributed by atoms with Gasteiger partial charge in [-0.15, -0.1) is 10.2 Å². The maximum Gasteiger partial charge on any atom is 0.158 e. The number of fused-ring (bicyclic) bond motifs is 1. The van der Waals surface area contributed by atoms with Gasteiger partial charge in [-0.1, -0.05) is 11.6 Å². The third-order valence-electron chi connectivity index (χ3n) is 2.37. The van der Waals surface area contributed by atoms with Crippen molar-refractivity contribution in [2.75, 3.05) is 18.0 Å². The van der Waals surface area contributed by atoms with Crippen molar-refractivity contribution in [3.05, 3.63) is 16.8 Å². The number of hydrogen-bond donors (Lipinski definition) is 1. The number of aliphatic hydroxyl groups is 1. The molecular formula is C9H9ClN4O. The molecule has 1 atom stereocenters. The van der Waals surface area contributed by atoms with Crippen LogP contribution in [0, 0.1) is 11.3 Å². The van der Waals surface area contributed by atoms with Crippen molar-refractivity contribution in [3.63, 3.8) is 0 Å². The summed E-state index contributed by atoms with van der Waals surface area (Å²) in [6.07, 6.45) is 0.0133. The molecule has 1 aromatic rings. The Morgan fingerprint density at radius 3 is 3.20 bits per heavy atom. The Balaban J connectivity index is 2.42. The summed E-state index contributed by atoms with van der Waals surface area (Å²) >= 11 is 5.70. The van der Waals surface area contributed by atoms with Gasteiger partial charge in [0.1, 0.15) is 6.54 Å². The second-order valence-corrected chi connectivity index (χ2v) is 3.72. The highest BCUT2D eigenvalue weighted by Crippen LogP contribution is 2.32. The van der Waals surface area contributed by atoms with Crippen LogP contribution >= 0.6 is 11.6 Å². The zero-order valence-electron chi connectivity index (χ0n) is 7.89. The van der Waals surface area contributed by atoms with Gasteiger partial charge in [0.2, 0.25) is 0 Å². The highest BCUT2D eigenvalue weighted by molar-refractivity contribution is 6.29. The monoisotopic (exact) mass is 224 g/mol. The molecule has 0 saturated carbocycles. The number of aromatic nitrogens is 2. The highest BCUT2D eigenvalue weighted by Gasteiger charge is 2.25. The first-order valence-corrected chi connectivity index (χ1v) is 4.93. The third kappa shape index (κ3) is 1.87. The summed E-state index contributed by atoms with van der Waals surface area (Å²) < 4.78 is 0. The van der Waals surface area contributed by atoms with E-state index in [0.717, 1.165) is 0 Å². The lowest BCUT2D eigenvalue weighted by Crippen LogP contribution is -2.32. The molecular weight excluding hydrogens is 216 g/mol. The fourth-order valence-electron chi connectivity index (χ4n) is 1.64. The molecule has 15 heavy (non-hydrogen) atoms. The Hall–Kier alpha value is -1.38. The molecule has 1 aliphatic rings. The van der Waals surface area contributed by atoms with Crippen LogP contribution in [0.3, 0.4) is 0 Å². The van der Waals surface area contributed by atoms with Gasteiger partial charge in [-0.05, 0) is 12.5 Å². The van der Waals surface area contributed by atoms with Gasteiger partial charge in [-0.2, -0.15) is 5.26 Å². The number of nitriles is 1. The van der Waals surface area contributed by atoms with Crippen LogP contribution in [0.25, 0.3) is 0 Å². The van der Waals surface area contributed by atoms with E-state index in [-0.39, 0.29) is 11.7 Å². The van der Waals surface area contributed by atoms with Gasteiger partial charge < -0.3 is 10.0 Å². The average Bonchev–Trinajstić information content (AvgIpc) is 2.23. The van der Waals surface area contributed by atoms with Crippen molar-refractivity contribution in [2.45, 2.75) is 12.5 Å². The predicted octanol–water partition coefficient (Wildman–Crippen LogP) is 0.897. The first-order valence-electron chi connectivity index (χ1n) is 4.55. The molecule has 0 aliphatic carbocycles. The molecule has 2 rings (SSSR count). The summed E-state index contributed by atoms with van der Waals surface area (Å²) in [4.78, 5) is 1.78. The molecule has 0 spiro atoms. The van der Waals surface area contributed by atoms with Crippen LogP contribution < -0.4 is 4.90 Å². The lowest BCUT2D eigenvalue weighted by molar-refractivity contribution is 0.163. The minimum Gasteiger partial charge on any atom is -0.388 e. The van der Waals surface area contributed by atoms with E-state index in [9.17, 15) is 5.11 Å². The molecule has 78 valence electrons. The number of nitrogens with zero attached hydrogens (tertiary/aromatic N) is 4. The Morgan fingerprint density at radius 2 is 2.47 bits per heavy atom. The van der Waals surface area contributed by atoms with Crippen molar-refractivity contribution in [1.29, 1.82) is 5.26 Å². The van der Waals surface area contributed by atoms with Gasteiger partial charge >= 0.3 is 0 Å². The molecule has 1 aromatic heterocycles. The van der Waals surface area contributed by atoms with Crippen molar-refractivity contribution in [3.8, 4) is 6.07 Å². The number of hydrogen-bond acceptors (Lipinski definition) is 5. The van der Waals surface area contributed by atoms with E-state index >= 15 is 0 Å². The lowest BCUT2D eigenvalue weighted by Gasteiger charge is -2.29. The van der Waals surface area contributed by atoms with E-state index in [4.69, 9.17) is 16.9 Å². The fourth-order valence-corrected chi connectivity index (χ4v) is 1.80. The number of rotatable bonds is 1. The first-order chi connectivity index (χ1) is 7.22. The van der Waals surface area contributed by atoms with Gasteiger partial charge in [-0.25, -0.2) is 0 Å². The van der Waals surface area contributed by atoms with Crippen LogP contribution in [-0.2, 0) is 0 Å². The Morgan fingerprint density at radius 1 is 1.67 bits per heavy atom. The van der Waals surface area contributed by atoms with E-state index in [1.54, 1.807) is 11.0 Å². The summed E-state index contributed by atoms with van der Waals surface area (Å²) in [5.74, 6) is 0.555. The topological polar surface area (TPSA) is 73.0 Å². The molecule has 0 fully saturated rings. The number of aliphatic hydroxyl groups excluding tert-OH is 1. The van der Waals surface area contributed by atoms with Gasteiger partial charge in [0.15, 0.2) is 11.0 Å². The number of anilines is 1. The van der Waals surface area contributed by atoms with Crippen molar-refractivity contribution in [2.24, 2.45) is 0 Å². The van der Waals surface area contributed by atoms with Crippen LogP contribution in [0.15, 0.2) is 6.07 Å². The largest absolute Gasteiger partial charge is 0.388 e. The number of halogens is 1. The maximum atomic E-state index is 9.74. The molecule has 2 heterocycles. The summed E-state index contributed by atoms with van der Waals surface area (Å²) in [7, 11) is 0. The quantitative estimate of drug-likeness (QED) is 0.718.